The molecule has 3 heterocycles. The molecule has 1 atom stereocenters. The lowest BCUT2D eigenvalue weighted by Gasteiger charge is -2.32. The van der Waals surface area contributed by atoms with Gasteiger partial charge in [0.15, 0.2) is 0 Å². The zero-order valence-electron chi connectivity index (χ0n) is 16.0. The first-order chi connectivity index (χ1) is 13.6. The van der Waals surface area contributed by atoms with Crippen molar-refractivity contribution in [1.82, 2.24) is 15.3 Å². The lowest BCUT2D eigenvalue weighted by atomic mass is 9.96. The molecule has 0 spiro atoms. The van der Waals surface area contributed by atoms with Gasteiger partial charge < -0.3 is 19.7 Å². The van der Waals surface area contributed by atoms with Crippen molar-refractivity contribution < 1.29 is 18.7 Å². The highest BCUT2D eigenvalue weighted by Crippen LogP contribution is 2.24. The molecule has 0 aliphatic carbocycles. The van der Waals surface area contributed by atoms with Gasteiger partial charge in [0.05, 0.1) is 37.1 Å². The maximum atomic E-state index is 13.5. The number of hydrogen-bond donors (Lipinski definition) is 1. The fraction of sp³-hybridized carbons (Fsp3) is 0.550. The smallest absolute Gasteiger partial charge is 0.226 e. The summed E-state index contributed by atoms with van der Waals surface area (Å²) in [7, 11) is 0. The van der Waals surface area contributed by atoms with E-state index in [2.05, 4.69) is 20.2 Å². The molecule has 4 rings (SSSR count). The van der Waals surface area contributed by atoms with Crippen LogP contribution in [0.25, 0.3) is 10.9 Å². The van der Waals surface area contributed by atoms with E-state index in [-0.39, 0.29) is 23.7 Å². The lowest BCUT2D eigenvalue weighted by molar-refractivity contribution is -0.128. The van der Waals surface area contributed by atoms with E-state index in [4.69, 9.17) is 9.47 Å². The molecule has 2 fully saturated rings. The minimum absolute atomic E-state index is 0.0172. The summed E-state index contributed by atoms with van der Waals surface area (Å²) in [6, 6.07) is 4.56. The summed E-state index contributed by atoms with van der Waals surface area (Å²) in [6.45, 7) is 5.51. The molecule has 2 aromatic rings. The van der Waals surface area contributed by atoms with E-state index >= 15 is 0 Å². The highest BCUT2D eigenvalue weighted by molar-refractivity contribution is 5.82. The van der Waals surface area contributed by atoms with Gasteiger partial charge in [0.2, 0.25) is 11.9 Å². The molecule has 28 heavy (non-hydrogen) atoms. The van der Waals surface area contributed by atoms with Gasteiger partial charge in [0, 0.05) is 30.9 Å². The number of rotatable bonds is 4. The average Bonchev–Trinajstić information content (AvgIpc) is 2.73. The molecular weight excluding hydrogens is 363 g/mol. The average molecular weight is 388 g/mol. The Morgan fingerprint density at radius 3 is 2.86 bits per heavy atom. The number of ether oxygens (including phenoxy) is 2. The molecule has 2 saturated heterocycles. The summed E-state index contributed by atoms with van der Waals surface area (Å²) in [5.41, 5.74) is 1.49. The largest absolute Gasteiger partial charge is 0.376 e. The molecular formula is C20H25FN4O3. The first-order valence-electron chi connectivity index (χ1n) is 9.76. The Morgan fingerprint density at radius 1 is 1.29 bits per heavy atom. The van der Waals surface area contributed by atoms with E-state index in [0.29, 0.717) is 45.4 Å². The summed E-state index contributed by atoms with van der Waals surface area (Å²) in [4.78, 5) is 23.7. The maximum Gasteiger partial charge on any atom is 0.226 e. The normalized spacial score (nSPS) is 21.1. The van der Waals surface area contributed by atoms with E-state index in [9.17, 15) is 9.18 Å². The van der Waals surface area contributed by atoms with Gasteiger partial charge in [-0.05, 0) is 38.0 Å². The number of nitrogens with one attached hydrogen (secondary N) is 1. The van der Waals surface area contributed by atoms with Crippen LogP contribution in [0.2, 0.25) is 0 Å². The molecule has 8 heteroatoms. The molecule has 1 unspecified atom stereocenters. The van der Waals surface area contributed by atoms with Crippen LogP contribution in [0, 0.1) is 18.7 Å². The Bertz CT molecular complexity index is 849. The number of halogens is 1. The molecule has 2 aliphatic heterocycles. The Kier molecular flexibility index (Phi) is 5.68. The van der Waals surface area contributed by atoms with E-state index in [1.807, 2.05) is 6.92 Å². The summed E-state index contributed by atoms with van der Waals surface area (Å²) in [5, 5.41) is 3.71. The van der Waals surface area contributed by atoms with Crippen LogP contribution < -0.4 is 10.2 Å². The van der Waals surface area contributed by atoms with Crippen LogP contribution in [0.1, 0.15) is 18.5 Å². The second-order valence-corrected chi connectivity index (χ2v) is 7.34. The summed E-state index contributed by atoms with van der Waals surface area (Å²) < 4.78 is 24.4. The highest BCUT2D eigenvalue weighted by atomic mass is 19.1. The Balaban J connectivity index is 1.34. The fourth-order valence-corrected chi connectivity index (χ4v) is 3.73. The van der Waals surface area contributed by atoms with Gasteiger partial charge >= 0.3 is 0 Å². The number of aryl methyl sites for hydroxylation is 1. The standard InChI is InChI=1S/C20H25FN4O3/c1-13-17-10-15(21)2-3-18(17)24-20(23-13)25-6-4-14(5-7-25)19(26)22-11-16-12-27-8-9-28-16/h2-3,10,14,16H,4-9,11-12H2,1H3,(H,22,26). The molecule has 150 valence electrons. The van der Waals surface area contributed by atoms with Gasteiger partial charge in [0.1, 0.15) is 5.82 Å². The molecule has 0 saturated carbocycles. The molecule has 0 radical (unpaired) electrons. The number of carbonyl (C=O) groups is 1. The van der Waals surface area contributed by atoms with Gasteiger partial charge in [-0.1, -0.05) is 0 Å². The van der Waals surface area contributed by atoms with Crippen LogP contribution in [0.5, 0.6) is 0 Å². The second kappa shape index (κ2) is 8.36. The van der Waals surface area contributed by atoms with Gasteiger partial charge in [-0.15, -0.1) is 0 Å². The van der Waals surface area contributed by atoms with Crippen molar-refractivity contribution >= 4 is 22.8 Å². The van der Waals surface area contributed by atoms with Gasteiger partial charge in [-0.3, -0.25) is 4.79 Å². The zero-order chi connectivity index (χ0) is 19.5. The Morgan fingerprint density at radius 2 is 2.11 bits per heavy atom. The van der Waals surface area contributed by atoms with E-state index in [1.165, 1.54) is 12.1 Å². The predicted molar refractivity (Wildman–Crippen MR) is 103 cm³/mol. The van der Waals surface area contributed by atoms with Crippen molar-refractivity contribution in [3.8, 4) is 0 Å². The van der Waals surface area contributed by atoms with E-state index in [0.717, 1.165) is 29.4 Å². The monoisotopic (exact) mass is 388 g/mol. The number of carbonyl (C=O) groups excluding carboxylic acids is 1. The van der Waals surface area contributed by atoms with Crippen LogP contribution in [0.15, 0.2) is 18.2 Å². The maximum absolute atomic E-state index is 13.5. The number of aromatic nitrogens is 2. The molecule has 2 aliphatic rings. The Labute approximate surface area is 163 Å². The van der Waals surface area contributed by atoms with Crippen LogP contribution in [-0.4, -0.2) is 61.4 Å². The number of fused-ring (bicyclic) bond motifs is 1. The third kappa shape index (κ3) is 4.23. The zero-order valence-corrected chi connectivity index (χ0v) is 16.0. The second-order valence-electron chi connectivity index (χ2n) is 7.34. The molecule has 0 bridgehead atoms. The van der Waals surface area contributed by atoms with Crippen molar-refractivity contribution in [2.24, 2.45) is 5.92 Å². The minimum Gasteiger partial charge on any atom is -0.376 e. The van der Waals surface area contributed by atoms with Crippen LogP contribution >= 0.6 is 0 Å². The topological polar surface area (TPSA) is 76.6 Å². The predicted octanol–water partition coefficient (Wildman–Crippen LogP) is 1.83. The number of hydrogen-bond acceptors (Lipinski definition) is 6. The first kappa shape index (κ1) is 19.0. The van der Waals surface area contributed by atoms with E-state index < -0.39 is 0 Å². The highest BCUT2D eigenvalue weighted by Gasteiger charge is 2.27. The molecule has 1 aromatic carbocycles. The molecule has 1 amide bonds. The Hall–Kier alpha value is -2.32. The molecule has 7 nitrogen and oxygen atoms in total. The number of nitrogens with zero attached hydrogens (tertiary/aromatic N) is 3. The molecule has 1 N–H and O–H groups in total. The fourth-order valence-electron chi connectivity index (χ4n) is 3.73. The number of amides is 1. The first-order valence-corrected chi connectivity index (χ1v) is 9.76. The minimum atomic E-state index is -0.288. The number of anilines is 1. The quantitative estimate of drug-likeness (QED) is 0.861. The van der Waals surface area contributed by atoms with Crippen molar-refractivity contribution in [3.63, 3.8) is 0 Å². The van der Waals surface area contributed by atoms with Crippen LogP contribution in [0.3, 0.4) is 0 Å². The summed E-state index contributed by atoms with van der Waals surface area (Å²) in [5.74, 6) is 0.406. The van der Waals surface area contributed by atoms with Gasteiger partial charge in [0.25, 0.3) is 0 Å². The third-order valence-electron chi connectivity index (χ3n) is 5.37. The number of benzene rings is 1. The van der Waals surface area contributed by atoms with Crippen molar-refractivity contribution in [3.05, 3.63) is 29.7 Å². The van der Waals surface area contributed by atoms with Crippen molar-refractivity contribution in [1.29, 1.82) is 0 Å². The van der Waals surface area contributed by atoms with E-state index in [1.54, 1.807) is 6.07 Å². The summed E-state index contributed by atoms with van der Waals surface area (Å²) in [6.07, 6.45) is 1.44. The van der Waals surface area contributed by atoms with Crippen molar-refractivity contribution in [2.45, 2.75) is 25.9 Å². The summed E-state index contributed by atoms with van der Waals surface area (Å²) >= 11 is 0. The van der Waals surface area contributed by atoms with Gasteiger partial charge in [-0.2, -0.15) is 0 Å². The molecule has 1 aromatic heterocycles. The van der Waals surface area contributed by atoms with Gasteiger partial charge in [-0.25, -0.2) is 14.4 Å². The van der Waals surface area contributed by atoms with Crippen molar-refractivity contribution in [2.75, 3.05) is 44.4 Å². The van der Waals surface area contributed by atoms with Crippen LogP contribution in [0.4, 0.5) is 10.3 Å². The number of piperidine rings is 1. The third-order valence-corrected chi connectivity index (χ3v) is 5.37. The SMILES string of the molecule is Cc1nc(N2CCC(C(=O)NCC3COCCO3)CC2)nc2ccc(F)cc12. The van der Waals surface area contributed by atoms with Crippen LogP contribution in [-0.2, 0) is 14.3 Å². The lowest BCUT2D eigenvalue weighted by Crippen LogP contribution is -2.45.